The summed E-state index contributed by atoms with van der Waals surface area (Å²) in [5.74, 6) is -0.295. The quantitative estimate of drug-likeness (QED) is 0.297. The molecule has 0 saturated carbocycles. The fraction of sp³-hybridized carbons (Fsp3) is 0.185. The average molecular weight is 496 g/mol. The van der Waals surface area contributed by atoms with Crippen molar-refractivity contribution in [3.63, 3.8) is 0 Å². The maximum atomic E-state index is 14.6. The minimum atomic E-state index is -0.295. The lowest BCUT2D eigenvalue weighted by Crippen LogP contribution is -2.20. The minimum Gasteiger partial charge on any atom is -0.384 e. The van der Waals surface area contributed by atoms with Crippen molar-refractivity contribution in [2.75, 3.05) is 32.5 Å². The highest BCUT2D eigenvalue weighted by Gasteiger charge is 2.17. The smallest absolute Gasteiger partial charge is 0.138 e. The maximum absolute atomic E-state index is 14.6. The number of aromatic nitrogens is 7. The molecule has 3 N–H and O–H groups in total. The van der Waals surface area contributed by atoms with Gasteiger partial charge in [0, 0.05) is 49.2 Å². The number of hydrogen-bond donors (Lipinski definition) is 3. The van der Waals surface area contributed by atoms with Gasteiger partial charge in [-0.1, -0.05) is 0 Å². The van der Waals surface area contributed by atoms with E-state index < -0.39 is 0 Å². The predicted octanol–water partition coefficient (Wildman–Crippen LogP) is 4.68. The molecule has 0 amide bonds. The Morgan fingerprint density at radius 3 is 2.78 bits per heavy atom. The van der Waals surface area contributed by atoms with Crippen LogP contribution in [0.5, 0.6) is 0 Å². The van der Waals surface area contributed by atoms with Crippen LogP contribution in [0.4, 0.5) is 10.1 Å². The molecule has 0 radical (unpaired) electrons. The van der Waals surface area contributed by atoms with E-state index in [4.69, 9.17) is 4.98 Å². The number of rotatable bonds is 7. The fourth-order valence-electron chi connectivity index (χ4n) is 4.48. The molecule has 5 aromatic heterocycles. The molecule has 0 aliphatic carbocycles. The average Bonchev–Trinajstić information content (AvgIpc) is 3.60. The lowest BCUT2D eigenvalue weighted by molar-refractivity contribution is 0.425. The molecule has 37 heavy (non-hydrogen) atoms. The van der Waals surface area contributed by atoms with E-state index in [0.29, 0.717) is 11.3 Å². The number of fused-ring (bicyclic) bond motifs is 2. The summed E-state index contributed by atoms with van der Waals surface area (Å²) in [5.41, 5.74) is 7.86. The van der Waals surface area contributed by atoms with Crippen LogP contribution in [0.3, 0.4) is 0 Å². The SMILES string of the molecule is CN(C)CCNc1cc(F)cc(-c2ccnc3[nH]c(-c4n[nH]c5ccc(-c6cnn(C)c6)nc45)cc23)c1. The second kappa shape index (κ2) is 9.14. The lowest BCUT2D eigenvalue weighted by Gasteiger charge is -2.13. The van der Waals surface area contributed by atoms with E-state index >= 15 is 0 Å². The highest BCUT2D eigenvalue weighted by molar-refractivity contribution is 5.99. The van der Waals surface area contributed by atoms with Gasteiger partial charge in [0.05, 0.1) is 23.1 Å². The van der Waals surface area contributed by atoms with Crippen LogP contribution >= 0.6 is 0 Å². The van der Waals surface area contributed by atoms with Gasteiger partial charge < -0.3 is 15.2 Å². The van der Waals surface area contributed by atoms with Gasteiger partial charge in [0.15, 0.2) is 0 Å². The van der Waals surface area contributed by atoms with Crippen molar-refractivity contribution in [3.8, 4) is 33.8 Å². The Kier molecular flexibility index (Phi) is 5.65. The van der Waals surface area contributed by atoms with E-state index in [2.05, 4.69) is 35.5 Å². The van der Waals surface area contributed by atoms with Gasteiger partial charge in [0.1, 0.15) is 22.7 Å². The van der Waals surface area contributed by atoms with Crippen LogP contribution in [0.2, 0.25) is 0 Å². The first-order chi connectivity index (χ1) is 17.9. The summed E-state index contributed by atoms with van der Waals surface area (Å²) in [6.07, 6.45) is 5.44. The zero-order valence-corrected chi connectivity index (χ0v) is 20.7. The zero-order chi connectivity index (χ0) is 25.5. The molecule has 0 saturated heterocycles. The van der Waals surface area contributed by atoms with Crippen molar-refractivity contribution >= 4 is 27.8 Å². The van der Waals surface area contributed by atoms with Crippen molar-refractivity contribution in [3.05, 3.63) is 66.9 Å². The van der Waals surface area contributed by atoms with Crippen LogP contribution in [0.15, 0.2) is 61.1 Å². The molecule has 0 bridgehead atoms. The number of halogens is 1. The van der Waals surface area contributed by atoms with Crippen LogP contribution in [-0.2, 0) is 7.05 Å². The Morgan fingerprint density at radius 1 is 1.08 bits per heavy atom. The number of H-pyrrole nitrogens is 2. The number of nitrogens with zero attached hydrogens (tertiary/aromatic N) is 6. The first kappa shape index (κ1) is 22.9. The Balaban J connectivity index is 1.40. The van der Waals surface area contributed by atoms with Crippen LogP contribution in [0.25, 0.3) is 55.8 Å². The highest BCUT2D eigenvalue weighted by atomic mass is 19.1. The van der Waals surface area contributed by atoms with Crippen LogP contribution in [-0.4, -0.2) is 67.0 Å². The summed E-state index contributed by atoms with van der Waals surface area (Å²) in [5, 5.41) is 16.0. The van der Waals surface area contributed by atoms with Crippen molar-refractivity contribution in [1.82, 2.24) is 39.8 Å². The molecular formula is C27H26FN9. The van der Waals surface area contributed by atoms with E-state index in [1.165, 1.54) is 6.07 Å². The van der Waals surface area contributed by atoms with E-state index in [1.807, 2.05) is 57.7 Å². The van der Waals surface area contributed by atoms with Crippen LogP contribution in [0, 0.1) is 5.82 Å². The largest absolute Gasteiger partial charge is 0.384 e. The van der Waals surface area contributed by atoms with Crippen LogP contribution < -0.4 is 5.32 Å². The number of nitrogens with one attached hydrogen (secondary N) is 3. The van der Waals surface area contributed by atoms with Crippen molar-refractivity contribution in [2.24, 2.45) is 7.05 Å². The first-order valence-corrected chi connectivity index (χ1v) is 12.0. The lowest BCUT2D eigenvalue weighted by atomic mass is 10.0. The molecule has 6 aromatic rings. The van der Waals surface area contributed by atoms with Crippen molar-refractivity contribution in [1.29, 1.82) is 0 Å². The molecule has 0 spiro atoms. The van der Waals surface area contributed by atoms with Crippen LogP contribution in [0.1, 0.15) is 0 Å². The molecule has 0 fully saturated rings. The van der Waals surface area contributed by atoms with E-state index in [1.54, 1.807) is 23.1 Å². The Hall–Kier alpha value is -4.57. The molecule has 9 nitrogen and oxygen atoms in total. The van der Waals surface area contributed by atoms with E-state index in [-0.39, 0.29) is 5.82 Å². The third kappa shape index (κ3) is 4.43. The number of anilines is 1. The number of likely N-dealkylation sites (N-methyl/N-ethyl adjacent to an activating group) is 1. The predicted molar refractivity (Wildman–Crippen MR) is 144 cm³/mol. The number of aryl methyl sites for hydroxylation is 1. The highest BCUT2D eigenvalue weighted by Crippen LogP contribution is 2.34. The van der Waals surface area contributed by atoms with Gasteiger partial charge >= 0.3 is 0 Å². The summed E-state index contributed by atoms with van der Waals surface area (Å²) < 4.78 is 16.3. The number of hydrogen-bond acceptors (Lipinski definition) is 6. The van der Waals surface area contributed by atoms with Crippen molar-refractivity contribution in [2.45, 2.75) is 0 Å². The second-order valence-corrected chi connectivity index (χ2v) is 9.33. The van der Waals surface area contributed by atoms with Gasteiger partial charge in [-0.05, 0) is 67.7 Å². The van der Waals surface area contributed by atoms with Gasteiger partial charge in [-0.3, -0.25) is 9.78 Å². The maximum Gasteiger partial charge on any atom is 0.138 e. The Labute approximate surface area is 212 Å². The molecule has 0 unspecified atom stereocenters. The Bertz CT molecular complexity index is 1730. The first-order valence-electron chi connectivity index (χ1n) is 12.0. The molecule has 5 heterocycles. The topological polar surface area (TPSA) is 103 Å². The van der Waals surface area contributed by atoms with Gasteiger partial charge in [-0.25, -0.2) is 14.4 Å². The fourth-order valence-corrected chi connectivity index (χ4v) is 4.48. The Morgan fingerprint density at radius 2 is 1.97 bits per heavy atom. The van der Waals surface area contributed by atoms with E-state index in [0.717, 1.165) is 63.3 Å². The van der Waals surface area contributed by atoms with Gasteiger partial charge in [0.2, 0.25) is 0 Å². The molecule has 10 heteroatoms. The zero-order valence-electron chi connectivity index (χ0n) is 20.7. The molecule has 0 aliphatic heterocycles. The van der Waals surface area contributed by atoms with Crippen molar-refractivity contribution < 1.29 is 4.39 Å². The summed E-state index contributed by atoms with van der Waals surface area (Å²) in [7, 11) is 5.89. The third-order valence-electron chi connectivity index (χ3n) is 6.29. The number of pyridine rings is 2. The summed E-state index contributed by atoms with van der Waals surface area (Å²) in [6.45, 7) is 1.57. The normalized spacial score (nSPS) is 11.7. The van der Waals surface area contributed by atoms with Gasteiger partial charge in [-0.2, -0.15) is 10.2 Å². The summed E-state index contributed by atoms with van der Waals surface area (Å²) in [4.78, 5) is 14.8. The molecule has 0 aliphatic rings. The molecule has 186 valence electrons. The number of benzene rings is 1. The molecular weight excluding hydrogens is 469 g/mol. The number of aromatic amines is 2. The standard InChI is InChI=1S/C27H26FN9/c1-36(2)9-8-29-19-11-16(10-18(28)12-19)20-6-7-30-27-21(20)13-24(33-27)26-25-23(34-35-26)5-4-22(32-25)17-14-31-37(3)15-17/h4-7,10-15,29H,8-9H2,1-3H3,(H,30,33)(H,34,35). The summed E-state index contributed by atoms with van der Waals surface area (Å²) >= 11 is 0. The second-order valence-electron chi connectivity index (χ2n) is 9.33. The molecule has 0 atom stereocenters. The van der Waals surface area contributed by atoms with Gasteiger partial charge in [0.25, 0.3) is 0 Å². The minimum absolute atomic E-state index is 0.295. The molecule has 1 aromatic carbocycles. The van der Waals surface area contributed by atoms with E-state index in [9.17, 15) is 4.39 Å². The molecule has 6 rings (SSSR count). The van der Waals surface area contributed by atoms with Gasteiger partial charge in [-0.15, -0.1) is 0 Å². The summed E-state index contributed by atoms with van der Waals surface area (Å²) in [6, 6.07) is 12.8. The monoisotopic (exact) mass is 495 g/mol. The third-order valence-corrected chi connectivity index (χ3v) is 6.29.